The first-order valence-corrected chi connectivity index (χ1v) is 9.25. The zero-order valence-electron chi connectivity index (χ0n) is 13.4. The van der Waals surface area contributed by atoms with Gasteiger partial charge in [0.25, 0.3) is 5.91 Å². The molecule has 0 aliphatic heterocycles. The molecule has 3 aromatic rings. The zero-order valence-corrected chi connectivity index (χ0v) is 15.0. The highest BCUT2D eigenvalue weighted by Gasteiger charge is 2.14. The van der Waals surface area contributed by atoms with Crippen LogP contribution in [0.25, 0.3) is 17.4 Å². The Bertz CT molecular complexity index is 1000. The number of carbonyl (C=O) groups excluding carboxylic acids is 1. The van der Waals surface area contributed by atoms with E-state index in [0.29, 0.717) is 27.4 Å². The second kappa shape index (κ2) is 7.95. The number of anilines is 1. The van der Waals surface area contributed by atoms with Gasteiger partial charge in [0.15, 0.2) is 0 Å². The van der Waals surface area contributed by atoms with Crippen LogP contribution in [0.5, 0.6) is 0 Å². The number of aromatic nitrogens is 2. The van der Waals surface area contributed by atoms with Crippen molar-refractivity contribution in [3.05, 3.63) is 53.5 Å². The maximum atomic E-state index is 13.0. The summed E-state index contributed by atoms with van der Waals surface area (Å²) in [6.45, 7) is 0. The highest BCUT2D eigenvalue weighted by molar-refractivity contribution is 7.98. The number of nitrogens with zero attached hydrogens (tertiary/aromatic N) is 3. The normalized spacial score (nSPS) is 11.2. The lowest BCUT2D eigenvalue weighted by molar-refractivity contribution is -0.112. The molecule has 0 aliphatic carbocycles. The second-order valence-electron chi connectivity index (χ2n) is 4.92. The molecule has 1 aromatic carbocycles. The number of nitrogens with one attached hydrogen (secondary N) is 1. The first-order valence-electron chi connectivity index (χ1n) is 7.25. The predicted molar refractivity (Wildman–Crippen MR) is 98.0 cm³/mol. The van der Waals surface area contributed by atoms with Crippen LogP contribution in [0.2, 0.25) is 0 Å². The van der Waals surface area contributed by atoms with Crippen molar-refractivity contribution in [3.8, 4) is 17.4 Å². The van der Waals surface area contributed by atoms with Gasteiger partial charge in [-0.1, -0.05) is 11.8 Å². The molecule has 0 spiro atoms. The number of thioether (sulfide) groups is 1. The van der Waals surface area contributed by atoms with Crippen LogP contribution in [0, 0.1) is 17.1 Å². The lowest BCUT2D eigenvalue weighted by atomic mass is 10.2. The fraction of sp³-hybridized carbons (Fsp3) is 0.0588. The number of carbonyl (C=O) groups is 1. The van der Waals surface area contributed by atoms with Gasteiger partial charge in [-0.25, -0.2) is 4.39 Å². The van der Waals surface area contributed by atoms with Gasteiger partial charge >= 0.3 is 0 Å². The Morgan fingerprint density at radius 1 is 1.35 bits per heavy atom. The van der Waals surface area contributed by atoms with E-state index in [1.54, 1.807) is 24.3 Å². The summed E-state index contributed by atoms with van der Waals surface area (Å²) in [5.41, 5.74) is 0.554. The number of hydrogen-bond donors (Lipinski definition) is 1. The maximum absolute atomic E-state index is 13.0. The molecule has 2 aromatic heterocycles. The van der Waals surface area contributed by atoms with E-state index in [1.165, 1.54) is 30.0 Å². The monoisotopic (exact) mass is 386 g/mol. The molecular formula is C17H11FN4O2S2. The smallest absolute Gasteiger partial charge is 0.268 e. The molecule has 2 heterocycles. The average molecular weight is 386 g/mol. The van der Waals surface area contributed by atoms with E-state index in [9.17, 15) is 14.4 Å². The summed E-state index contributed by atoms with van der Waals surface area (Å²) in [6.07, 6.45) is 3.16. The SMILES string of the molecule is CSc1nsc(NC(=O)/C(C#N)=C\c2ccc(-c3ccc(F)cc3)o2)n1. The maximum Gasteiger partial charge on any atom is 0.268 e. The van der Waals surface area contributed by atoms with Crippen LogP contribution in [-0.2, 0) is 4.79 Å². The molecule has 0 fully saturated rings. The molecule has 0 radical (unpaired) electrons. The van der Waals surface area contributed by atoms with Gasteiger partial charge < -0.3 is 4.42 Å². The molecule has 0 saturated carbocycles. The molecule has 0 saturated heterocycles. The van der Waals surface area contributed by atoms with Gasteiger partial charge in [-0.2, -0.15) is 14.6 Å². The summed E-state index contributed by atoms with van der Waals surface area (Å²) in [5.74, 6) is -0.109. The van der Waals surface area contributed by atoms with E-state index in [-0.39, 0.29) is 11.4 Å². The number of rotatable bonds is 5. The standard InChI is InChI=1S/C17H11FN4O2S2/c1-25-17-21-16(26-22-17)20-15(23)11(9-19)8-13-6-7-14(24-13)10-2-4-12(18)5-3-10/h2-8H,1H3,(H,20,21,22,23)/b11-8-. The van der Waals surface area contributed by atoms with Gasteiger partial charge in [-0.3, -0.25) is 10.1 Å². The number of benzene rings is 1. The minimum atomic E-state index is -0.601. The number of halogens is 1. The Morgan fingerprint density at radius 2 is 2.12 bits per heavy atom. The minimum absolute atomic E-state index is 0.133. The minimum Gasteiger partial charge on any atom is -0.457 e. The number of furan rings is 1. The average Bonchev–Trinajstić information content (AvgIpc) is 3.29. The largest absolute Gasteiger partial charge is 0.457 e. The van der Waals surface area contributed by atoms with Crippen LogP contribution in [-0.4, -0.2) is 21.5 Å². The summed E-state index contributed by atoms with van der Waals surface area (Å²) < 4.78 is 22.6. The summed E-state index contributed by atoms with van der Waals surface area (Å²) in [5, 5.41) is 12.6. The molecule has 3 rings (SSSR count). The third-order valence-corrected chi connectivity index (χ3v) is 4.51. The van der Waals surface area contributed by atoms with Crippen molar-refractivity contribution in [2.45, 2.75) is 5.16 Å². The van der Waals surface area contributed by atoms with E-state index in [4.69, 9.17) is 4.42 Å². The lowest BCUT2D eigenvalue weighted by Gasteiger charge is -1.99. The third kappa shape index (κ3) is 4.17. The van der Waals surface area contributed by atoms with E-state index in [1.807, 2.05) is 12.3 Å². The number of nitriles is 1. The van der Waals surface area contributed by atoms with Crippen molar-refractivity contribution >= 4 is 40.4 Å². The second-order valence-corrected chi connectivity index (χ2v) is 6.44. The third-order valence-electron chi connectivity index (χ3n) is 3.22. The molecule has 1 N–H and O–H groups in total. The summed E-state index contributed by atoms with van der Waals surface area (Å²) in [4.78, 5) is 16.3. The first kappa shape index (κ1) is 17.8. The van der Waals surface area contributed by atoms with Crippen LogP contribution in [0.3, 0.4) is 0 Å². The number of amides is 1. The fourth-order valence-corrected chi connectivity index (χ4v) is 3.12. The molecule has 9 heteroatoms. The van der Waals surface area contributed by atoms with Crippen molar-refractivity contribution in [2.24, 2.45) is 0 Å². The molecule has 130 valence electrons. The molecule has 0 unspecified atom stereocenters. The van der Waals surface area contributed by atoms with E-state index < -0.39 is 5.91 Å². The molecule has 0 atom stereocenters. The molecule has 26 heavy (non-hydrogen) atoms. The van der Waals surface area contributed by atoms with Gasteiger partial charge in [-0.15, -0.1) is 0 Å². The zero-order chi connectivity index (χ0) is 18.5. The Hall–Kier alpha value is -2.96. The van der Waals surface area contributed by atoms with Gasteiger partial charge in [0.05, 0.1) is 0 Å². The Balaban J connectivity index is 1.77. The molecule has 6 nitrogen and oxygen atoms in total. The van der Waals surface area contributed by atoms with Crippen LogP contribution < -0.4 is 5.32 Å². The topological polar surface area (TPSA) is 91.8 Å². The van der Waals surface area contributed by atoms with Crippen molar-refractivity contribution < 1.29 is 13.6 Å². The van der Waals surface area contributed by atoms with Gasteiger partial charge in [0, 0.05) is 23.2 Å². The van der Waals surface area contributed by atoms with Crippen molar-refractivity contribution in [1.82, 2.24) is 9.36 Å². The Morgan fingerprint density at radius 3 is 2.77 bits per heavy atom. The Labute approximate surface area is 156 Å². The van der Waals surface area contributed by atoms with E-state index >= 15 is 0 Å². The van der Waals surface area contributed by atoms with Crippen LogP contribution in [0.4, 0.5) is 9.52 Å². The van der Waals surface area contributed by atoms with Crippen molar-refractivity contribution in [2.75, 3.05) is 11.6 Å². The molecular weight excluding hydrogens is 375 g/mol. The molecule has 1 amide bonds. The Kier molecular flexibility index (Phi) is 5.46. The van der Waals surface area contributed by atoms with Gasteiger partial charge in [0.2, 0.25) is 10.3 Å². The predicted octanol–water partition coefficient (Wildman–Crippen LogP) is 4.20. The number of hydrogen-bond acceptors (Lipinski definition) is 7. The van der Waals surface area contributed by atoms with Crippen LogP contribution in [0.1, 0.15) is 5.76 Å². The highest BCUT2D eigenvalue weighted by Crippen LogP contribution is 2.24. The van der Waals surface area contributed by atoms with Crippen molar-refractivity contribution in [1.29, 1.82) is 5.26 Å². The summed E-state index contributed by atoms with van der Waals surface area (Å²) >= 11 is 2.39. The van der Waals surface area contributed by atoms with E-state index in [2.05, 4.69) is 14.7 Å². The van der Waals surface area contributed by atoms with Gasteiger partial charge in [0.1, 0.15) is 29.0 Å². The summed E-state index contributed by atoms with van der Waals surface area (Å²) in [6, 6.07) is 11.0. The lowest BCUT2D eigenvalue weighted by Crippen LogP contribution is -2.13. The summed E-state index contributed by atoms with van der Waals surface area (Å²) in [7, 11) is 0. The first-order chi connectivity index (χ1) is 12.6. The molecule has 0 bridgehead atoms. The van der Waals surface area contributed by atoms with Crippen molar-refractivity contribution in [3.63, 3.8) is 0 Å². The van der Waals surface area contributed by atoms with Gasteiger partial charge in [-0.05, 0) is 42.7 Å². The fourth-order valence-electron chi connectivity index (χ4n) is 2.00. The highest BCUT2D eigenvalue weighted by atomic mass is 32.2. The molecule has 0 aliphatic rings. The van der Waals surface area contributed by atoms with Crippen LogP contribution in [0.15, 0.2) is 51.5 Å². The van der Waals surface area contributed by atoms with Crippen LogP contribution >= 0.6 is 23.3 Å². The van der Waals surface area contributed by atoms with E-state index in [0.717, 1.165) is 11.5 Å². The quantitative estimate of drug-likeness (QED) is 0.401.